The van der Waals surface area contributed by atoms with Crippen molar-refractivity contribution >= 4 is 29.1 Å². The molecule has 0 aliphatic rings. The zero-order valence-electron chi connectivity index (χ0n) is 13.7. The van der Waals surface area contributed by atoms with Crippen LogP contribution >= 0.6 is 11.6 Å². The minimum atomic E-state index is -0.353. The molecule has 0 fully saturated rings. The van der Waals surface area contributed by atoms with Crippen LogP contribution in [-0.4, -0.2) is 35.8 Å². The Hall–Kier alpha value is -1.59. The highest BCUT2D eigenvalue weighted by Gasteiger charge is 2.20. The maximum absolute atomic E-state index is 12.3. The number of halogens is 1. The summed E-state index contributed by atoms with van der Waals surface area (Å²) in [7, 11) is 1.73. The van der Waals surface area contributed by atoms with E-state index >= 15 is 0 Å². The first-order chi connectivity index (χ1) is 10.1. The molecule has 1 aromatic rings. The van der Waals surface area contributed by atoms with Crippen LogP contribution in [0, 0.1) is 5.92 Å². The predicted octanol–water partition coefficient (Wildman–Crippen LogP) is 2.74. The molecule has 0 saturated carbocycles. The van der Waals surface area contributed by atoms with Crippen molar-refractivity contribution in [2.75, 3.05) is 12.4 Å². The fraction of sp³-hybridized carbons (Fsp3) is 0.500. The summed E-state index contributed by atoms with van der Waals surface area (Å²) in [6.07, 6.45) is 0. The molecule has 5 nitrogen and oxygen atoms in total. The Morgan fingerprint density at radius 3 is 2.32 bits per heavy atom. The molecule has 122 valence electrons. The fourth-order valence-electron chi connectivity index (χ4n) is 1.68. The van der Waals surface area contributed by atoms with E-state index in [1.54, 1.807) is 44.0 Å². The Morgan fingerprint density at radius 2 is 1.82 bits per heavy atom. The quantitative estimate of drug-likeness (QED) is 0.874. The topological polar surface area (TPSA) is 75.4 Å². The summed E-state index contributed by atoms with van der Waals surface area (Å²) in [5.41, 5.74) is 6.62. The Kier molecular flexibility index (Phi) is 6.38. The van der Waals surface area contributed by atoms with Crippen LogP contribution in [0.5, 0.6) is 0 Å². The molecule has 6 heteroatoms. The second-order valence-electron chi connectivity index (χ2n) is 5.84. The molecule has 1 rings (SSSR count). The number of carbonyl (C=O) groups excluding carboxylic acids is 2. The van der Waals surface area contributed by atoms with E-state index in [1.807, 2.05) is 13.8 Å². The van der Waals surface area contributed by atoms with E-state index in [2.05, 4.69) is 5.32 Å². The van der Waals surface area contributed by atoms with Crippen molar-refractivity contribution in [2.24, 2.45) is 11.7 Å². The van der Waals surface area contributed by atoms with Crippen molar-refractivity contribution in [2.45, 2.75) is 39.8 Å². The number of hydrogen-bond acceptors (Lipinski definition) is 3. The van der Waals surface area contributed by atoms with Crippen molar-refractivity contribution in [1.82, 2.24) is 4.90 Å². The molecule has 2 amide bonds. The molecule has 1 aromatic carbocycles. The van der Waals surface area contributed by atoms with Gasteiger partial charge in [-0.1, -0.05) is 18.5 Å². The lowest BCUT2D eigenvalue weighted by atomic mass is 10.0. The monoisotopic (exact) mass is 325 g/mol. The molecule has 0 heterocycles. The zero-order chi connectivity index (χ0) is 17.0. The minimum absolute atomic E-state index is 0.0827. The maximum atomic E-state index is 12.3. The van der Waals surface area contributed by atoms with Crippen LogP contribution in [0.4, 0.5) is 5.69 Å². The summed E-state index contributed by atoms with van der Waals surface area (Å²) in [6.45, 7) is 7.38. The molecule has 0 aromatic heterocycles. The molecule has 0 aliphatic carbocycles. The Bertz CT molecular complexity index is 558. The second-order valence-corrected chi connectivity index (χ2v) is 6.25. The number of carbonyl (C=O) groups is 2. The van der Waals surface area contributed by atoms with Crippen LogP contribution < -0.4 is 11.1 Å². The van der Waals surface area contributed by atoms with E-state index in [0.29, 0.717) is 16.3 Å². The van der Waals surface area contributed by atoms with Gasteiger partial charge in [-0.15, -0.1) is 0 Å². The summed E-state index contributed by atoms with van der Waals surface area (Å²) < 4.78 is 0. The molecule has 3 N–H and O–H groups in total. The van der Waals surface area contributed by atoms with E-state index in [4.69, 9.17) is 17.3 Å². The van der Waals surface area contributed by atoms with Crippen LogP contribution in [0.15, 0.2) is 18.2 Å². The van der Waals surface area contributed by atoms with Crippen LogP contribution in [-0.2, 0) is 4.79 Å². The number of nitrogens with two attached hydrogens (primary N) is 1. The van der Waals surface area contributed by atoms with Gasteiger partial charge < -0.3 is 16.0 Å². The molecular formula is C16H24ClN3O2. The van der Waals surface area contributed by atoms with Gasteiger partial charge in [0.1, 0.15) is 0 Å². The smallest absolute Gasteiger partial charge is 0.253 e. The van der Waals surface area contributed by atoms with Crippen molar-refractivity contribution in [3.63, 3.8) is 0 Å². The molecule has 2 atom stereocenters. The summed E-state index contributed by atoms with van der Waals surface area (Å²) in [5, 5.41) is 3.12. The van der Waals surface area contributed by atoms with E-state index in [-0.39, 0.29) is 29.8 Å². The SMILES string of the molecule is CC(N)C(C)C(=O)Nc1cc(C(=O)N(C)C(C)C)ccc1Cl. The maximum Gasteiger partial charge on any atom is 0.253 e. The van der Waals surface area contributed by atoms with Crippen molar-refractivity contribution in [3.05, 3.63) is 28.8 Å². The third kappa shape index (κ3) is 4.45. The molecule has 0 bridgehead atoms. The fourth-order valence-corrected chi connectivity index (χ4v) is 1.84. The van der Waals surface area contributed by atoms with E-state index in [1.165, 1.54) is 0 Å². The third-order valence-electron chi connectivity index (χ3n) is 3.77. The Morgan fingerprint density at radius 1 is 1.23 bits per heavy atom. The zero-order valence-corrected chi connectivity index (χ0v) is 14.4. The van der Waals surface area contributed by atoms with Gasteiger partial charge in [-0.25, -0.2) is 0 Å². The van der Waals surface area contributed by atoms with Gasteiger partial charge in [0.2, 0.25) is 5.91 Å². The van der Waals surface area contributed by atoms with Crippen molar-refractivity contribution < 1.29 is 9.59 Å². The van der Waals surface area contributed by atoms with Gasteiger partial charge >= 0.3 is 0 Å². The number of anilines is 1. The summed E-state index contributed by atoms with van der Waals surface area (Å²) in [5.74, 6) is -0.699. The number of amides is 2. The van der Waals surface area contributed by atoms with Crippen LogP contribution in [0.25, 0.3) is 0 Å². The largest absolute Gasteiger partial charge is 0.339 e. The average molecular weight is 326 g/mol. The molecular weight excluding hydrogens is 302 g/mol. The highest BCUT2D eigenvalue weighted by atomic mass is 35.5. The van der Waals surface area contributed by atoms with Gasteiger partial charge in [0.25, 0.3) is 5.91 Å². The predicted molar refractivity (Wildman–Crippen MR) is 90.1 cm³/mol. The van der Waals surface area contributed by atoms with Gasteiger partial charge in [0.05, 0.1) is 16.6 Å². The Balaban J connectivity index is 3.00. The molecule has 0 saturated heterocycles. The third-order valence-corrected chi connectivity index (χ3v) is 4.10. The number of nitrogens with one attached hydrogen (secondary N) is 1. The van der Waals surface area contributed by atoms with E-state index < -0.39 is 0 Å². The van der Waals surface area contributed by atoms with Gasteiger partial charge in [-0.05, 0) is 39.0 Å². The first-order valence-corrected chi connectivity index (χ1v) is 7.66. The number of rotatable bonds is 5. The summed E-state index contributed by atoms with van der Waals surface area (Å²) >= 11 is 6.10. The first kappa shape index (κ1) is 18.5. The van der Waals surface area contributed by atoms with Crippen LogP contribution in [0.2, 0.25) is 5.02 Å². The van der Waals surface area contributed by atoms with Gasteiger partial charge in [-0.2, -0.15) is 0 Å². The standard InChI is InChI=1S/C16H24ClN3O2/c1-9(2)20(5)16(22)12-6-7-13(17)14(8-12)19-15(21)10(3)11(4)18/h6-11H,18H2,1-5H3,(H,19,21). The molecule has 2 unspecified atom stereocenters. The lowest BCUT2D eigenvalue weighted by molar-refractivity contribution is -0.119. The lowest BCUT2D eigenvalue weighted by Gasteiger charge is -2.22. The van der Waals surface area contributed by atoms with Crippen molar-refractivity contribution in [3.8, 4) is 0 Å². The summed E-state index contributed by atoms with van der Waals surface area (Å²) in [6, 6.07) is 4.66. The highest BCUT2D eigenvalue weighted by molar-refractivity contribution is 6.33. The molecule has 22 heavy (non-hydrogen) atoms. The van der Waals surface area contributed by atoms with Crippen molar-refractivity contribution in [1.29, 1.82) is 0 Å². The summed E-state index contributed by atoms with van der Waals surface area (Å²) in [4.78, 5) is 26.0. The number of hydrogen-bond donors (Lipinski definition) is 2. The van der Waals surface area contributed by atoms with E-state index in [0.717, 1.165) is 0 Å². The molecule has 0 aliphatic heterocycles. The molecule has 0 radical (unpaired) electrons. The lowest BCUT2D eigenvalue weighted by Crippen LogP contribution is -2.34. The van der Waals surface area contributed by atoms with Gasteiger partial charge in [0, 0.05) is 24.7 Å². The number of nitrogens with zero attached hydrogens (tertiary/aromatic N) is 1. The van der Waals surface area contributed by atoms with E-state index in [9.17, 15) is 9.59 Å². The minimum Gasteiger partial charge on any atom is -0.339 e. The average Bonchev–Trinajstić information content (AvgIpc) is 2.46. The molecule has 0 spiro atoms. The van der Waals surface area contributed by atoms with Crippen LogP contribution in [0.3, 0.4) is 0 Å². The highest BCUT2D eigenvalue weighted by Crippen LogP contribution is 2.24. The van der Waals surface area contributed by atoms with Gasteiger partial charge in [-0.3, -0.25) is 9.59 Å². The number of benzene rings is 1. The van der Waals surface area contributed by atoms with Crippen LogP contribution in [0.1, 0.15) is 38.1 Å². The normalized spacial score (nSPS) is 13.6. The Labute approximate surface area is 136 Å². The van der Waals surface area contributed by atoms with Gasteiger partial charge in [0.15, 0.2) is 0 Å². The first-order valence-electron chi connectivity index (χ1n) is 7.28. The second kappa shape index (κ2) is 7.61.